The minimum absolute atomic E-state index is 0.0158. The van der Waals surface area contributed by atoms with Gasteiger partial charge in [-0.25, -0.2) is 0 Å². The second kappa shape index (κ2) is 16.5. The third-order valence-corrected chi connectivity index (χ3v) is 16.7. The van der Waals surface area contributed by atoms with Crippen LogP contribution in [0.5, 0.6) is 0 Å². The molecule has 8 N–H and O–H groups in total. The monoisotopic (exact) mass is 812 g/mol. The van der Waals surface area contributed by atoms with Crippen LogP contribution in [0.1, 0.15) is 113 Å². The molecule has 4 saturated carbocycles. The van der Waals surface area contributed by atoms with Gasteiger partial charge in [0, 0.05) is 12.3 Å². The standard InChI is InChI=1S/C43H72O14/c1-22(19-44)10-9-15-42(7,52)25-13-17-41(6)24(25)11-12-28-40(5)16-14-31(39(3,4)29(40)18-30(48)43(28,41)8)56-38-36(33(50)32(49)27(20-45)55-38)57-37-34(51)35(54-23(2)46)26(47)21-53-37/h10,24-38,44-45,47-52H,9,11-21H2,1-8H3/b22-10+/t24-,25+,26+,27-,28-,29+,30+,31+,32-,33+,34-,35+,36-,37+,38+,40-,41-,42+,43+/m1/s1. The highest BCUT2D eigenvalue weighted by atomic mass is 16.8. The van der Waals surface area contributed by atoms with Crippen molar-refractivity contribution in [2.45, 2.75) is 186 Å². The minimum Gasteiger partial charge on any atom is -0.457 e. The summed E-state index contributed by atoms with van der Waals surface area (Å²) in [6, 6.07) is 0. The lowest BCUT2D eigenvalue weighted by Crippen LogP contribution is -2.69. The van der Waals surface area contributed by atoms with E-state index in [1.54, 1.807) is 0 Å². The van der Waals surface area contributed by atoms with Gasteiger partial charge in [0.05, 0.1) is 37.6 Å². The van der Waals surface area contributed by atoms with E-state index in [0.29, 0.717) is 25.7 Å². The van der Waals surface area contributed by atoms with Crippen molar-refractivity contribution in [1.82, 2.24) is 0 Å². The molecule has 14 heteroatoms. The Morgan fingerprint density at radius 2 is 1.56 bits per heavy atom. The number of allylic oxidation sites excluding steroid dienone is 1. The molecule has 0 amide bonds. The molecular formula is C43H72O14. The fraction of sp³-hybridized carbons (Fsp3) is 0.930. The molecule has 4 aliphatic carbocycles. The summed E-state index contributed by atoms with van der Waals surface area (Å²) in [7, 11) is 0. The lowest BCUT2D eigenvalue weighted by atomic mass is 9.34. The number of aliphatic hydroxyl groups excluding tert-OH is 7. The highest BCUT2D eigenvalue weighted by molar-refractivity contribution is 5.66. The quantitative estimate of drug-likeness (QED) is 0.0853. The van der Waals surface area contributed by atoms with Crippen molar-refractivity contribution in [2.24, 2.45) is 45.3 Å². The van der Waals surface area contributed by atoms with Gasteiger partial charge in [0.1, 0.15) is 36.6 Å². The summed E-state index contributed by atoms with van der Waals surface area (Å²) < 4.78 is 29.6. The summed E-state index contributed by atoms with van der Waals surface area (Å²) in [6.07, 6.45) is -4.90. The first-order valence-corrected chi connectivity index (χ1v) is 21.3. The Hall–Kier alpha value is -1.27. The fourth-order valence-electron chi connectivity index (χ4n) is 13.4. The van der Waals surface area contributed by atoms with Gasteiger partial charge in [-0.1, -0.05) is 46.3 Å². The minimum atomic E-state index is -1.64. The zero-order chi connectivity index (χ0) is 42.0. The van der Waals surface area contributed by atoms with Crippen molar-refractivity contribution >= 4 is 5.97 Å². The molecule has 0 aromatic heterocycles. The topological polar surface area (TPSA) is 225 Å². The molecule has 0 bridgehead atoms. The van der Waals surface area contributed by atoms with E-state index < -0.39 is 91.1 Å². The third kappa shape index (κ3) is 7.68. The van der Waals surface area contributed by atoms with Crippen LogP contribution in [0.15, 0.2) is 11.6 Å². The molecule has 0 unspecified atom stereocenters. The fourth-order valence-corrected chi connectivity index (χ4v) is 13.4. The number of aliphatic hydroxyl groups is 8. The largest absolute Gasteiger partial charge is 0.457 e. The number of rotatable bonds is 11. The van der Waals surface area contributed by atoms with E-state index in [4.69, 9.17) is 23.7 Å². The van der Waals surface area contributed by atoms with Gasteiger partial charge in [0.2, 0.25) is 0 Å². The van der Waals surface area contributed by atoms with Gasteiger partial charge >= 0.3 is 5.97 Å². The van der Waals surface area contributed by atoms with Crippen molar-refractivity contribution in [1.29, 1.82) is 0 Å². The summed E-state index contributed by atoms with van der Waals surface area (Å²) in [5.74, 6) is -0.108. The van der Waals surface area contributed by atoms with Crippen LogP contribution in [-0.2, 0) is 28.5 Å². The molecule has 0 radical (unpaired) electrons. The number of carbonyl (C=O) groups excluding carboxylic acids is 1. The van der Waals surface area contributed by atoms with Crippen molar-refractivity contribution in [2.75, 3.05) is 19.8 Å². The molecule has 2 saturated heterocycles. The van der Waals surface area contributed by atoms with Crippen molar-refractivity contribution in [3.8, 4) is 0 Å². The molecule has 0 aromatic rings. The predicted octanol–water partition coefficient (Wildman–Crippen LogP) is 2.33. The molecule has 2 heterocycles. The van der Waals surface area contributed by atoms with Gasteiger partial charge < -0.3 is 64.5 Å². The lowest BCUT2D eigenvalue weighted by molar-refractivity contribution is -0.371. The van der Waals surface area contributed by atoms with E-state index in [1.807, 2.05) is 19.9 Å². The Labute approximate surface area is 337 Å². The summed E-state index contributed by atoms with van der Waals surface area (Å²) in [5, 5.41) is 87.6. The molecule has 0 aromatic carbocycles. The number of hydrogen-bond donors (Lipinski definition) is 8. The third-order valence-electron chi connectivity index (χ3n) is 16.7. The van der Waals surface area contributed by atoms with Crippen LogP contribution in [0, 0.1) is 45.3 Å². The Morgan fingerprint density at radius 1 is 0.860 bits per heavy atom. The maximum absolute atomic E-state index is 12.5. The smallest absolute Gasteiger partial charge is 0.303 e. The van der Waals surface area contributed by atoms with Crippen LogP contribution in [0.4, 0.5) is 0 Å². The zero-order valence-corrected chi connectivity index (χ0v) is 35.3. The molecule has 0 spiro atoms. The molecule has 19 atom stereocenters. The highest BCUT2D eigenvalue weighted by Crippen LogP contribution is 2.76. The first-order valence-electron chi connectivity index (χ1n) is 21.3. The second-order valence-corrected chi connectivity index (χ2v) is 20.1. The SMILES string of the molecule is CC(=O)O[C@@H]1[C@@H](O)[C@H](O[C@H]2[C@H](O[C@H]3CC[C@]4(C)[C@H]5CC[C@@H]6[C@@H]([C@@](C)(O)CC/C=C(\C)CO)CC[C@@]6(C)[C@]5(C)[C@@H](O)C[C@H]4C3(C)C)O[C@H](CO)[C@@H](O)[C@@H]2O)OC[C@@H]1O. The van der Waals surface area contributed by atoms with E-state index in [9.17, 15) is 45.6 Å². The lowest BCUT2D eigenvalue weighted by Gasteiger charge is -2.71. The number of esters is 1. The zero-order valence-electron chi connectivity index (χ0n) is 35.3. The van der Waals surface area contributed by atoms with E-state index in [-0.39, 0.29) is 53.1 Å². The van der Waals surface area contributed by atoms with Crippen LogP contribution in [0.3, 0.4) is 0 Å². The first kappa shape index (κ1) is 45.3. The van der Waals surface area contributed by atoms with E-state index >= 15 is 0 Å². The maximum atomic E-state index is 12.5. The summed E-state index contributed by atoms with van der Waals surface area (Å²) >= 11 is 0. The van der Waals surface area contributed by atoms with E-state index in [0.717, 1.165) is 44.6 Å². The predicted molar refractivity (Wildman–Crippen MR) is 206 cm³/mol. The first-order chi connectivity index (χ1) is 26.6. The molecule has 6 rings (SSSR count). The van der Waals surface area contributed by atoms with Crippen molar-refractivity contribution in [3.05, 3.63) is 11.6 Å². The van der Waals surface area contributed by atoms with Gasteiger partial charge in [-0.15, -0.1) is 0 Å². The van der Waals surface area contributed by atoms with Crippen LogP contribution in [0.2, 0.25) is 0 Å². The number of hydrogen-bond acceptors (Lipinski definition) is 14. The van der Waals surface area contributed by atoms with Crippen LogP contribution < -0.4 is 0 Å². The molecule has 57 heavy (non-hydrogen) atoms. The second-order valence-electron chi connectivity index (χ2n) is 20.1. The van der Waals surface area contributed by atoms with Crippen LogP contribution in [-0.4, -0.2) is 140 Å². The average molecular weight is 813 g/mol. The Morgan fingerprint density at radius 3 is 2.21 bits per heavy atom. The molecule has 328 valence electrons. The Kier molecular flexibility index (Phi) is 13.1. The molecular weight excluding hydrogens is 740 g/mol. The Balaban J connectivity index is 1.22. The van der Waals surface area contributed by atoms with Gasteiger partial charge in [-0.2, -0.15) is 0 Å². The van der Waals surface area contributed by atoms with E-state index in [1.165, 1.54) is 0 Å². The van der Waals surface area contributed by atoms with Gasteiger partial charge in [0.15, 0.2) is 18.7 Å². The summed E-state index contributed by atoms with van der Waals surface area (Å²) in [5.41, 5.74) is -1.21. The number of carbonyl (C=O) groups is 1. The molecule has 6 aliphatic rings. The Bertz CT molecular complexity index is 1450. The highest BCUT2D eigenvalue weighted by Gasteiger charge is 2.72. The van der Waals surface area contributed by atoms with Gasteiger partial charge in [0.25, 0.3) is 0 Å². The number of ether oxygens (including phenoxy) is 5. The average Bonchev–Trinajstić information content (AvgIpc) is 3.51. The maximum Gasteiger partial charge on any atom is 0.303 e. The molecule has 14 nitrogen and oxygen atoms in total. The van der Waals surface area contributed by atoms with Crippen molar-refractivity contribution < 1.29 is 69.3 Å². The molecule has 6 fully saturated rings. The van der Waals surface area contributed by atoms with E-state index in [2.05, 4.69) is 34.6 Å². The van der Waals surface area contributed by atoms with Crippen LogP contribution in [0.25, 0.3) is 0 Å². The normalized spacial score (nSPS) is 49.6. The summed E-state index contributed by atoms with van der Waals surface area (Å²) in [6.45, 7) is 15.4. The molecule has 2 aliphatic heterocycles. The van der Waals surface area contributed by atoms with Crippen LogP contribution >= 0.6 is 0 Å². The van der Waals surface area contributed by atoms with Crippen molar-refractivity contribution in [3.63, 3.8) is 0 Å². The van der Waals surface area contributed by atoms with Gasteiger partial charge in [-0.3, -0.25) is 4.79 Å². The summed E-state index contributed by atoms with van der Waals surface area (Å²) in [4.78, 5) is 11.7. The number of fused-ring (bicyclic) bond motifs is 5. The van der Waals surface area contributed by atoms with Gasteiger partial charge in [-0.05, 0) is 112 Å².